The first kappa shape index (κ1) is 12.2. The maximum Gasteiger partial charge on any atom is 0.194 e. The molecule has 0 bridgehead atoms. The first-order valence-corrected chi connectivity index (χ1v) is 5.59. The zero-order chi connectivity index (χ0) is 11.3. The molecule has 0 unspecified atom stereocenters. The van der Waals surface area contributed by atoms with E-state index in [9.17, 15) is 0 Å². The molecule has 1 aromatic rings. The second kappa shape index (κ2) is 5.31. The average molecular weight is 210 g/mol. The Kier molecular flexibility index (Phi) is 4.33. The van der Waals surface area contributed by atoms with Gasteiger partial charge in [0.1, 0.15) is 5.76 Å². The summed E-state index contributed by atoms with van der Waals surface area (Å²) in [6, 6.07) is 0. The molecule has 0 radical (unpaired) electrons. The standard InChI is InChI=1S/C12H22N2O/c1-12(2,3)8-10-9-14-11(15-10)6-5-7-13-4/h9,13H,5-8H2,1-4H3. The van der Waals surface area contributed by atoms with Crippen LogP contribution in [0.4, 0.5) is 0 Å². The number of nitrogens with one attached hydrogen (secondary N) is 1. The minimum Gasteiger partial charge on any atom is -0.446 e. The molecule has 0 amide bonds. The molecule has 3 nitrogen and oxygen atoms in total. The van der Waals surface area contributed by atoms with Crippen molar-refractivity contribution in [1.82, 2.24) is 10.3 Å². The van der Waals surface area contributed by atoms with Gasteiger partial charge in [0.05, 0.1) is 6.20 Å². The van der Waals surface area contributed by atoms with E-state index in [-0.39, 0.29) is 5.41 Å². The van der Waals surface area contributed by atoms with Gasteiger partial charge in [0.25, 0.3) is 0 Å². The van der Waals surface area contributed by atoms with E-state index in [1.807, 2.05) is 13.2 Å². The van der Waals surface area contributed by atoms with Gasteiger partial charge in [-0.25, -0.2) is 4.98 Å². The maximum atomic E-state index is 5.67. The molecule has 0 aromatic carbocycles. The Labute approximate surface area is 92.3 Å². The smallest absolute Gasteiger partial charge is 0.194 e. The quantitative estimate of drug-likeness (QED) is 0.758. The van der Waals surface area contributed by atoms with Crippen molar-refractivity contribution in [2.24, 2.45) is 5.41 Å². The van der Waals surface area contributed by atoms with Crippen LogP contribution in [0.15, 0.2) is 10.6 Å². The summed E-state index contributed by atoms with van der Waals surface area (Å²) in [5.41, 5.74) is 0.266. The SMILES string of the molecule is CNCCCc1ncc(CC(C)(C)C)o1. The molecule has 0 aliphatic carbocycles. The first-order chi connectivity index (χ1) is 7.01. The van der Waals surface area contributed by atoms with Crippen LogP contribution in [-0.4, -0.2) is 18.6 Å². The molecule has 86 valence electrons. The van der Waals surface area contributed by atoms with Gasteiger partial charge in [0.2, 0.25) is 0 Å². The second-order valence-electron chi connectivity index (χ2n) is 5.16. The summed E-state index contributed by atoms with van der Waals surface area (Å²) in [6.07, 6.45) is 4.81. The second-order valence-corrected chi connectivity index (χ2v) is 5.16. The van der Waals surface area contributed by atoms with E-state index in [4.69, 9.17) is 4.42 Å². The number of hydrogen-bond donors (Lipinski definition) is 1. The Morgan fingerprint density at radius 3 is 2.73 bits per heavy atom. The molecule has 0 aliphatic heterocycles. The Morgan fingerprint density at radius 1 is 1.40 bits per heavy atom. The third-order valence-corrected chi connectivity index (χ3v) is 2.12. The van der Waals surface area contributed by atoms with E-state index in [1.54, 1.807) is 0 Å². The zero-order valence-electron chi connectivity index (χ0n) is 10.3. The van der Waals surface area contributed by atoms with Gasteiger partial charge in [-0.15, -0.1) is 0 Å². The summed E-state index contributed by atoms with van der Waals surface area (Å²) in [5, 5.41) is 3.11. The average Bonchev–Trinajstić information content (AvgIpc) is 2.50. The van der Waals surface area contributed by atoms with Crippen molar-refractivity contribution >= 4 is 0 Å². The number of oxazole rings is 1. The van der Waals surface area contributed by atoms with Crippen LogP contribution in [-0.2, 0) is 12.8 Å². The lowest BCUT2D eigenvalue weighted by molar-refractivity contribution is 0.351. The van der Waals surface area contributed by atoms with Crippen LogP contribution in [0.3, 0.4) is 0 Å². The molecule has 0 spiro atoms. The Hall–Kier alpha value is -0.830. The predicted octanol–water partition coefficient (Wildman–Crippen LogP) is 2.42. The molecule has 0 saturated carbocycles. The van der Waals surface area contributed by atoms with Crippen molar-refractivity contribution in [2.75, 3.05) is 13.6 Å². The van der Waals surface area contributed by atoms with Crippen molar-refractivity contribution in [3.8, 4) is 0 Å². The van der Waals surface area contributed by atoms with Crippen LogP contribution in [0.25, 0.3) is 0 Å². The topological polar surface area (TPSA) is 38.1 Å². The van der Waals surface area contributed by atoms with Gasteiger partial charge in [0.15, 0.2) is 5.89 Å². The van der Waals surface area contributed by atoms with E-state index >= 15 is 0 Å². The highest BCUT2D eigenvalue weighted by atomic mass is 16.4. The maximum absolute atomic E-state index is 5.67. The highest BCUT2D eigenvalue weighted by Crippen LogP contribution is 2.21. The minimum atomic E-state index is 0.266. The fourth-order valence-electron chi connectivity index (χ4n) is 1.48. The number of aromatic nitrogens is 1. The number of nitrogens with zero attached hydrogens (tertiary/aromatic N) is 1. The highest BCUT2D eigenvalue weighted by molar-refractivity contribution is 4.97. The van der Waals surface area contributed by atoms with Gasteiger partial charge in [-0.2, -0.15) is 0 Å². The van der Waals surface area contributed by atoms with E-state index in [0.717, 1.165) is 37.5 Å². The van der Waals surface area contributed by atoms with Crippen molar-refractivity contribution in [3.63, 3.8) is 0 Å². The lowest BCUT2D eigenvalue weighted by Crippen LogP contribution is -2.08. The van der Waals surface area contributed by atoms with E-state index in [2.05, 4.69) is 31.1 Å². The van der Waals surface area contributed by atoms with Crippen molar-refractivity contribution in [3.05, 3.63) is 17.8 Å². The van der Waals surface area contributed by atoms with Crippen LogP contribution in [0.2, 0.25) is 0 Å². The van der Waals surface area contributed by atoms with Gasteiger partial charge in [-0.1, -0.05) is 20.8 Å². The molecular weight excluding hydrogens is 188 g/mol. The third kappa shape index (κ3) is 4.98. The minimum absolute atomic E-state index is 0.266. The third-order valence-electron chi connectivity index (χ3n) is 2.12. The van der Waals surface area contributed by atoms with Crippen LogP contribution < -0.4 is 5.32 Å². The van der Waals surface area contributed by atoms with E-state index in [0.29, 0.717) is 0 Å². The number of rotatable bonds is 5. The fraction of sp³-hybridized carbons (Fsp3) is 0.750. The molecule has 1 N–H and O–H groups in total. The summed E-state index contributed by atoms with van der Waals surface area (Å²) in [7, 11) is 1.96. The van der Waals surface area contributed by atoms with Crippen LogP contribution in [0.5, 0.6) is 0 Å². The van der Waals surface area contributed by atoms with Crippen molar-refractivity contribution in [1.29, 1.82) is 0 Å². The molecule has 3 heteroatoms. The number of hydrogen-bond acceptors (Lipinski definition) is 3. The molecule has 1 heterocycles. The van der Waals surface area contributed by atoms with Gasteiger partial charge < -0.3 is 9.73 Å². The van der Waals surface area contributed by atoms with Crippen molar-refractivity contribution < 1.29 is 4.42 Å². The molecule has 0 fully saturated rings. The summed E-state index contributed by atoms with van der Waals surface area (Å²) < 4.78 is 5.67. The summed E-state index contributed by atoms with van der Waals surface area (Å²) in [5.74, 6) is 1.87. The van der Waals surface area contributed by atoms with Gasteiger partial charge >= 0.3 is 0 Å². The van der Waals surface area contributed by atoms with E-state index < -0.39 is 0 Å². The van der Waals surface area contributed by atoms with Crippen LogP contribution in [0.1, 0.15) is 38.8 Å². The van der Waals surface area contributed by atoms with Crippen LogP contribution >= 0.6 is 0 Å². The Balaban J connectivity index is 2.42. The van der Waals surface area contributed by atoms with Crippen LogP contribution in [0, 0.1) is 5.41 Å². The molecule has 15 heavy (non-hydrogen) atoms. The Morgan fingerprint density at radius 2 is 2.13 bits per heavy atom. The normalized spacial score (nSPS) is 12.0. The van der Waals surface area contributed by atoms with Gasteiger partial charge in [0, 0.05) is 12.8 Å². The molecule has 0 aliphatic rings. The summed E-state index contributed by atoms with van der Waals surface area (Å²) >= 11 is 0. The number of aryl methyl sites for hydroxylation is 1. The van der Waals surface area contributed by atoms with E-state index in [1.165, 1.54) is 0 Å². The largest absolute Gasteiger partial charge is 0.446 e. The van der Waals surface area contributed by atoms with Gasteiger partial charge in [-0.05, 0) is 25.4 Å². The molecule has 1 rings (SSSR count). The lowest BCUT2D eigenvalue weighted by Gasteiger charge is -2.15. The lowest BCUT2D eigenvalue weighted by atomic mass is 9.91. The predicted molar refractivity (Wildman–Crippen MR) is 61.9 cm³/mol. The molecular formula is C12H22N2O. The summed E-state index contributed by atoms with van der Waals surface area (Å²) in [4.78, 5) is 4.28. The fourth-order valence-corrected chi connectivity index (χ4v) is 1.48. The highest BCUT2D eigenvalue weighted by Gasteiger charge is 2.14. The Bertz CT molecular complexity index is 286. The molecule has 1 aromatic heterocycles. The summed E-state index contributed by atoms with van der Waals surface area (Å²) in [6.45, 7) is 7.62. The van der Waals surface area contributed by atoms with Crippen molar-refractivity contribution in [2.45, 2.75) is 40.0 Å². The monoisotopic (exact) mass is 210 g/mol. The zero-order valence-corrected chi connectivity index (χ0v) is 10.3. The first-order valence-electron chi connectivity index (χ1n) is 5.59. The van der Waals surface area contributed by atoms with Gasteiger partial charge in [-0.3, -0.25) is 0 Å². The molecule has 0 atom stereocenters. The molecule has 0 saturated heterocycles.